The molecule has 1 aromatic carbocycles. The van der Waals surface area contributed by atoms with Crippen LogP contribution in [0.5, 0.6) is 0 Å². The second-order valence-corrected chi connectivity index (χ2v) is 5.09. The average Bonchev–Trinajstić information content (AvgIpc) is 2.55. The smallest absolute Gasteiger partial charge is 0.338 e. The predicted octanol–water partition coefficient (Wildman–Crippen LogP) is 1.62. The molecule has 0 bridgehead atoms. The molecule has 0 unspecified atom stereocenters. The van der Waals surface area contributed by atoms with Gasteiger partial charge in [0, 0.05) is 11.0 Å². The molecule has 84 valence electrons. The highest BCUT2D eigenvalue weighted by molar-refractivity contribution is 7.94. The van der Waals surface area contributed by atoms with Gasteiger partial charge in [0.25, 0.3) is 0 Å². The van der Waals surface area contributed by atoms with Crippen LogP contribution in [0, 0.1) is 0 Å². The van der Waals surface area contributed by atoms with Crippen LogP contribution in [0.15, 0.2) is 28.5 Å². The van der Waals surface area contributed by atoms with Crippen molar-refractivity contribution < 1.29 is 17.9 Å². The summed E-state index contributed by atoms with van der Waals surface area (Å²) in [5, 5.41) is 1.10. The molecular formula is C11H10O4S. The van der Waals surface area contributed by atoms with E-state index in [1.54, 1.807) is 13.0 Å². The van der Waals surface area contributed by atoms with E-state index in [0.717, 1.165) is 5.41 Å². The van der Waals surface area contributed by atoms with Crippen molar-refractivity contribution >= 4 is 21.9 Å². The maximum Gasteiger partial charge on any atom is 0.338 e. The monoisotopic (exact) mass is 238 g/mol. The normalized spacial score (nSPS) is 15.8. The Morgan fingerprint density at radius 2 is 2.12 bits per heavy atom. The maximum atomic E-state index is 11.6. The Labute approximate surface area is 93.5 Å². The summed E-state index contributed by atoms with van der Waals surface area (Å²) in [4.78, 5) is 11.7. The zero-order valence-electron chi connectivity index (χ0n) is 8.64. The highest BCUT2D eigenvalue weighted by atomic mass is 32.2. The Kier molecular flexibility index (Phi) is 2.55. The number of hydrogen-bond donors (Lipinski definition) is 0. The van der Waals surface area contributed by atoms with Crippen LogP contribution in [0.4, 0.5) is 0 Å². The van der Waals surface area contributed by atoms with E-state index in [-0.39, 0.29) is 17.1 Å². The highest BCUT2D eigenvalue weighted by Crippen LogP contribution is 2.29. The maximum absolute atomic E-state index is 11.6. The lowest BCUT2D eigenvalue weighted by Crippen LogP contribution is -2.07. The molecule has 1 heterocycles. The molecule has 16 heavy (non-hydrogen) atoms. The third-order valence-corrected chi connectivity index (χ3v) is 3.75. The first-order valence-corrected chi connectivity index (χ1v) is 6.34. The molecule has 5 heteroatoms. The van der Waals surface area contributed by atoms with Gasteiger partial charge in [0.05, 0.1) is 17.1 Å². The second kappa shape index (κ2) is 3.75. The van der Waals surface area contributed by atoms with Gasteiger partial charge in [-0.3, -0.25) is 0 Å². The van der Waals surface area contributed by atoms with E-state index in [1.165, 1.54) is 18.2 Å². The number of fused-ring (bicyclic) bond motifs is 1. The number of sulfone groups is 1. The number of carbonyl (C=O) groups is 1. The summed E-state index contributed by atoms with van der Waals surface area (Å²) in [6, 6.07) is 4.57. The molecule has 1 aliphatic rings. The van der Waals surface area contributed by atoms with Gasteiger partial charge in [-0.25, -0.2) is 13.2 Å². The number of esters is 1. The quantitative estimate of drug-likeness (QED) is 0.734. The van der Waals surface area contributed by atoms with Crippen LogP contribution in [0.25, 0.3) is 6.08 Å². The van der Waals surface area contributed by atoms with Crippen molar-refractivity contribution in [3.8, 4) is 0 Å². The van der Waals surface area contributed by atoms with Gasteiger partial charge in [-0.15, -0.1) is 0 Å². The minimum atomic E-state index is -3.36. The Morgan fingerprint density at radius 3 is 2.81 bits per heavy atom. The standard InChI is InChI=1S/C11H10O4S/c1-2-15-11(12)9-4-3-5-10-8(9)6-7-16(10,13)14/h3-7H,2H2,1H3. The van der Waals surface area contributed by atoms with Crippen molar-refractivity contribution in [2.45, 2.75) is 11.8 Å². The van der Waals surface area contributed by atoms with Gasteiger partial charge in [0.1, 0.15) is 0 Å². The second-order valence-electron chi connectivity index (χ2n) is 3.29. The molecule has 4 nitrogen and oxygen atoms in total. The summed E-state index contributed by atoms with van der Waals surface area (Å²) in [5.41, 5.74) is 0.706. The minimum Gasteiger partial charge on any atom is -0.462 e. The van der Waals surface area contributed by atoms with Gasteiger partial charge in [-0.05, 0) is 25.1 Å². The van der Waals surface area contributed by atoms with Gasteiger partial charge < -0.3 is 4.74 Å². The van der Waals surface area contributed by atoms with Gasteiger partial charge >= 0.3 is 5.97 Å². The summed E-state index contributed by atoms with van der Waals surface area (Å²) in [6.07, 6.45) is 1.43. The number of hydrogen-bond acceptors (Lipinski definition) is 4. The van der Waals surface area contributed by atoms with Crippen molar-refractivity contribution in [3.05, 3.63) is 34.7 Å². The van der Waals surface area contributed by atoms with E-state index in [4.69, 9.17) is 4.74 Å². The first-order chi connectivity index (χ1) is 7.56. The van der Waals surface area contributed by atoms with Crippen LogP contribution < -0.4 is 0 Å². The van der Waals surface area contributed by atoms with Crippen LogP contribution in [0.2, 0.25) is 0 Å². The lowest BCUT2D eigenvalue weighted by molar-refractivity contribution is 0.0526. The molecule has 1 aliphatic heterocycles. The molecular weight excluding hydrogens is 228 g/mol. The number of ether oxygens (including phenoxy) is 1. The van der Waals surface area contributed by atoms with Crippen LogP contribution >= 0.6 is 0 Å². The fourth-order valence-corrected chi connectivity index (χ4v) is 2.80. The lowest BCUT2D eigenvalue weighted by atomic mass is 10.1. The average molecular weight is 238 g/mol. The van der Waals surface area contributed by atoms with Crippen LogP contribution in [0.3, 0.4) is 0 Å². The van der Waals surface area contributed by atoms with Crippen LogP contribution in [-0.2, 0) is 14.6 Å². The summed E-state index contributed by atoms with van der Waals surface area (Å²) in [6.45, 7) is 1.96. The molecule has 0 spiro atoms. The molecule has 0 aliphatic carbocycles. The summed E-state index contributed by atoms with van der Waals surface area (Å²) >= 11 is 0. The van der Waals surface area contributed by atoms with Crippen LogP contribution in [-0.4, -0.2) is 21.0 Å². The van der Waals surface area contributed by atoms with Crippen molar-refractivity contribution in [1.82, 2.24) is 0 Å². The summed E-state index contributed by atoms with van der Waals surface area (Å²) in [7, 11) is -3.36. The Hall–Kier alpha value is -1.62. The molecule has 0 amide bonds. The molecule has 0 fully saturated rings. The van der Waals surface area contributed by atoms with E-state index in [2.05, 4.69) is 0 Å². The zero-order chi connectivity index (χ0) is 11.8. The number of rotatable bonds is 2. The minimum absolute atomic E-state index is 0.165. The highest BCUT2D eigenvalue weighted by Gasteiger charge is 2.25. The van der Waals surface area contributed by atoms with E-state index >= 15 is 0 Å². The number of benzene rings is 1. The molecule has 2 rings (SSSR count). The molecule has 0 radical (unpaired) electrons. The first kappa shape index (κ1) is 10.9. The Bertz CT molecular complexity index is 570. The summed E-state index contributed by atoms with van der Waals surface area (Å²) in [5.74, 6) is -0.499. The topological polar surface area (TPSA) is 60.4 Å². The first-order valence-electron chi connectivity index (χ1n) is 4.79. The van der Waals surface area contributed by atoms with E-state index in [0.29, 0.717) is 5.56 Å². The van der Waals surface area contributed by atoms with E-state index < -0.39 is 15.8 Å². The van der Waals surface area contributed by atoms with Crippen molar-refractivity contribution in [1.29, 1.82) is 0 Å². The predicted molar refractivity (Wildman–Crippen MR) is 58.6 cm³/mol. The fraction of sp³-hybridized carbons (Fsp3) is 0.182. The van der Waals surface area contributed by atoms with Gasteiger partial charge in [-0.1, -0.05) is 6.07 Å². The van der Waals surface area contributed by atoms with Crippen molar-refractivity contribution in [2.75, 3.05) is 6.61 Å². The van der Waals surface area contributed by atoms with Gasteiger partial charge in [0.2, 0.25) is 0 Å². The number of carbonyl (C=O) groups excluding carboxylic acids is 1. The SMILES string of the molecule is CCOC(=O)c1cccc2c1C=CS2(=O)=O. The fourth-order valence-electron chi connectivity index (χ4n) is 1.58. The molecule has 0 aromatic heterocycles. The largest absolute Gasteiger partial charge is 0.462 e. The lowest BCUT2D eigenvalue weighted by Gasteiger charge is -2.05. The zero-order valence-corrected chi connectivity index (χ0v) is 9.45. The van der Waals surface area contributed by atoms with Crippen molar-refractivity contribution in [3.63, 3.8) is 0 Å². The molecule has 0 N–H and O–H groups in total. The van der Waals surface area contributed by atoms with E-state index in [1.807, 2.05) is 0 Å². The van der Waals surface area contributed by atoms with Crippen molar-refractivity contribution in [2.24, 2.45) is 0 Å². The molecule has 0 saturated carbocycles. The van der Waals surface area contributed by atoms with Gasteiger partial charge in [-0.2, -0.15) is 0 Å². The van der Waals surface area contributed by atoms with E-state index in [9.17, 15) is 13.2 Å². The molecule has 0 atom stereocenters. The van der Waals surface area contributed by atoms with Crippen LogP contribution in [0.1, 0.15) is 22.8 Å². The third kappa shape index (κ3) is 1.63. The molecule has 0 saturated heterocycles. The summed E-state index contributed by atoms with van der Waals surface area (Å²) < 4.78 is 27.9. The Morgan fingerprint density at radius 1 is 1.38 bits per heavy atom. The van der Waals surface area contributed by atoms with Gasteiger partial charge in [0.15, 0.2) is 9.84 Å². The Balaban J connectivity index is 2.56. The third-order valence-electron chi connectivity index (χ3n) is 2.28. The molecule has 1 aromatic rings.